The Morgan fingerprint density at radius 1 is 1.29 bits per heavy atom. The molecule has 4 heteroatoms. The molecular weight excluding hydrogens is 262 g/mol. The summed E-state index contributed by atoms with van der Waals surface area (Å²) in [5, 5.41) is 3.30. The molecule has 2 aliphatic rings. The minimum absolute atomic E-state index is 0.517. The molecule has 0 saturated carbocycles. The second-order valence-electron chi connectivity index (χ2n) is 6.08. The van der Waals surface area contributed by atoms with Gasteiger partial charge < -0.3 is 15.8 Å². The third-order valence-electron chi connectivity index (χ3n) is 4.43. The lowest BCUT2D eigenvalue weighted by Crippen LogP contribution is -2.26. The summed E-state index contributed by atoms with van der Waals surface area (Å²) in [6, 6.07) is 6.44. The van der Waals surface area contributed by atoms with Gasteiger partial charge in [0, 0.05) is 24.8 Å². The highest BCUT2D eigenvalue weighted by atomic mass is 16.5. The fourth-order valence-electron chi connectivity index (χ4n) is 3.25. The lowest BCUT2D eigenvalue weighted by atomic mass is 9.90. The molecule has 3 N–H and O–H groups in total. The van der Waals surface area contributed by atoms with E-state index >= 15 is 0 Å². The van der Waals surface area contributed by atoms with Crippen LogP contribution in [0.25, 0.3) is 0 Å². The summed E-state index contributed by atoms with van der Waals surface area (Å²) in [4.78, 5) is 4.50. The summed E-state index contributed by atoms with van der Waals surface area (Å²) in [5.74, 6) is 1.04. The van der Waals surface area contributed by atoms with Crippen LogP contribution in [0.1, 0.15) is 36.8 Å². The minimum Gasteiger partial charge on any atom is -0.381 e. The number of guanidine groups is 1. The standard InChI is InChI=1S/C17H25N3O/c18-17(19-11-13-5-4-10-21-12-13)20-16-9-3-7-14-6-1-2-8-15(14)16/h3,7,9,13H,1-2,4-6,8,10-12H2,(H3,18,19,20). The maximum absolute atomic E-state index is 6.05. The van der Waals surface area contributed by atoms with Gasteiger partial charge >= 0.3 is 0 Å². The quantitative estimate of drug-likeness (QED) is 0.664. The summed E-state index contributed by atoms with van der Waals surface area (Å²) < 4.78 is 5.48. The molecule has 1 atom stereocenters. The Balaban J connectivity index is 1.62. The van der Waals surface area contributed by atoms with E-state index in [1.807, 2.05) is 0 Å². The molecule has 0 bridgehead atoms. The van der Waals surface area contributed by atoms with Crippen molar-refractivity contribution in [2.75, 3.05) is 25.1 Å². The molecule has 1 fully saturated rings. The first-order valence-corrected chi connectivity index (χ1v) is 8.08. The van der Waals surface area contributed by atoms with Gasteiger partial charge in [0.25, 0.3) is 0 Å². The average Bonchev–Trinajstić information content (AvgIpc) is 2.54. The lowest BCUT2D eigenvalue weighted by molar-refractivity contribution is 0.0582. The average molecular weight is 287 g/mol. The van der Waals surface area contributed by atoms with Crippen LogP contribution in [0.3, 0.4) is 0 Å². The van der Waals surface area contributed by atoms with Crippen molar-refractivity contribution in [3.05, 3.63) is 29.3 Å². The summed E-state index contributed by atoms with van der Waals surface area (Å²) in [6.45, 7) is 2.47. The molecule has 0 amide bonds. The number of hydrogen-bond donors (Lipinski definition) is 2. The van der Waals surface area contributed by atoms with Crippen molar-refractivity contribution in [3.63, 3.8) is 0 Å². The second kappa shape index (κ2) is 6.94. The smallest absolute Gasteiger partial charge is 0.193 e. The fraction of sp³-hybridized carbons (Fsp3) is 0.588. The summed E-state index contributed by atoms with van der Waals surface area (Å²) in [7, 11) is 0. The zero-order chi connectivity index (χ0) is 14.5. The Kier molecular flexibility index (Phi) is 4.76. The molecular formula is C17H25N3O. The molecule has 21 heavy (non-hydrogen) atoms. The predicted molar refractivity (Wildman–Crippen MR) is 86.7 cm³/mol. The maximum Gasteiger partial charge on any atom is 0.193 e. The Morgan fingerprint density at radius 3 is 3.05 bits per heavy atom. The Bertz CT molecular complexity index is 507. The largest absolute Gasteiger partial charge is 0.381 e. The van der Waals surface area contributed by atoms with E-state index in [1.165, 1.54) is 36.8 Å². The van der Waals surface area contributed by atoms with Gasteiger partial charge in [-0.2, -0.15) is 0 Å². The van der Waals surface area contributed by atoms with Gasteiger partial charge in [-0.15, -0.1) is 0 Å². The van der Waals surface area contributed by atoms with Gasteiger partial charge in [-0.1, -0.05) is 12.1 Å². The number of rotatable bonds is 3. The van der Waals surface area contributed by atoms with Crippen LogP contribution in [0.5, 0.6) is 0 Å². The van der Waals surface area contributed by atoms with Gasteiger partial charge in [-0.05, 0) is 55.7 Å². The molecule has 1 saturated heterocycles. The third kappa shape index (κ3) is 3.76. The van der Waals surface area contributed by atoms with Crippen LogP contribution in [0.4, 0.5) is 5.69 Å². The number of fused-ring (bicyclic) bond motifs is 1. The van der Waals surface area contributed by atoms with Crippen molar-refractivity contribution >= 4 is 11.6 Å². The molecule has 1 unspecified atom stereocenters. The molecule has 1 aromatic carbocycles. The first kappa shape index (κ1) is 14.4. The third-order valence-corrected chi connectivity index (χ3v) is 4.43. The van der Waals surface area contributed by atoms with Crippen molar-refractivity contribution in [1.29, 1.82) is 0 Å². The van der Waals surface area contributed by atoms with Crippen molar-refractivity contribution in [2.24, 2.45) is 16.6 Å². The molecule has 1 heterocycles. The molecule has 0 spiro atoms. The zero-order valence-electron chi connectivity index (χ0n) is 12.6. The van der Waals surface area contributed by atoms with Gasteiger partial charge in [-0.25, -0.2) is 0 Å². The van der Waals surface area contributed by atoms with E-state index < -0.39 is 0 Å². The lowest BCUT2D eigenvalue weighted by Gasteiger charge is -2.21. The number of aryl methyl sites for hydroxylation is 1. The Morgan fingerprint density at radius 2 is 2.19 bits per heavy atom. The van der Waals surface area contributed by atoms with Gasteiger partial charge in [0.2, 0.25) is 0 Å². The van der Waals surface area contributed by atoms with Crippen LogP contribution in [0, 0.1) is 5.92 Å². The van der Waals surface area contributed by atoms with Crippen LogP contribution < -0.4 is 11.1 Å². The summed E-state index contributed by atoms with van der Waals surface area (Å²) in [6.07, 6.45) is 7.21. The molecule has 0 aromatic heterocycles. The molecule has 0 radical (unpaired) electrons. The van der Waals surface area contributed by atoms with E-state index in [4.69, 9.17) is 10.5 Å². The first-order chi connectivity index (χ1) is 10.3. The number of nitrogens with one attached hydrogen (secondary N) is 1. The normalized spacial score (nSPS) is 22.7. The Hall–Kier alpha value is -1.55. The van der Waals surface area contributed by atoms with Crippen LogP contribution in [0.2, 0.25) is 0 Å². The fourth-order valence-corrected chi connectivity index (χ4v) is 3.25. The van der Waals surface area contributed by atoms with Crippen LogP contribution in [-0.4, -0.2) is 25.7 Å². The first-order valence-electron chi connectivity index (χ1n) is 8.08. The summed E-state index contributed by atoms with van der Waals surface area (Å²) in [5.41, 5.74) is 10.1. The van der Waals surface area contributed by atoms with Gasteiger partial charge in [-0.3, -0.25) is 4.99 Å². The van der Waals surface area contributed by atoms with Gasteiger partial charge in [0.1, 0.15) is 0 Å². The number of nitrogens with two attached hydrogens (primary N) is 1. The predicted octanol–water partition coefficient (Wildman–Crippen LogP) is 2.72. The van der Waals surface area contributed by atoms with E-state index in [-0.39, 0.29) is 0 Å². The van der Waals surface area contributed by atoms with E-state index in [0.29, 0.717) is 11.9 Å². The van der Waals surface area contributed by atoms with Crippen LogP contribution >= 0.6 is 0 Å². The van der Waals surface area contributed by atoms with Crippen molar-refractivity contribution in [1.82, 2.24) is 0 Å². The van der Waals surface area contributed by atoms with Crippen molar-refractivity contribution in [3.8, 4) is 0 Å². The van der Waals surface area contributed by atoms with E-state index in [0.717, 1.165) is 38.3 Å². The number of nitrogens with zero attached hydrogens (tertiary/aromatic N) is 1. The van der Waals surface area contributed by atoms with E-state index in [9.17, 15) is 0 Å². The number of hydrogen-bond acceptors (Lipinski definition) is 2. The number of anilines is 1. The number of aliphatic imine (C=N–C) groups is 1. The molecule has 1 aromatic rings. The SMILES string of the molecule is NC(=NCC1CCCOC1)Nc1cccc2c1CCCC2. The number of benzene rings is 1. The highest BCUT2D eigenvalue weighted by Crippen LogP contribution is 2.27. The van der Waals surface area contributed by atoms with E-state index in [2.05, 4.69) is 28.5 Å². The highest BCUT2D eigenvalue weighted by molar-refractivity contribution is 5.93. The summed E-state index contributed by atoms with van der Waals surface area (Å²) >= 11 is 0. The van der Waals surface area contributed by atoms with Crippen LogP contribution in [-0.2, 0) is 17.6 Å². The minimum atomic E-state index is 0.517. The number of ether oxygens (including phenoxy) is 1. The highest BCUT2D eigenvalue weighted by Gasteiger charge is 2.15. The second-order valence-corrected chi connectivity index (χ2v) is 6.08. The van der Waals surface area contributed by atoms with Gasteiger partial charge in [0.15, 0.2) is 5.96 Å². The molecule has 4 nitrogen and oxygen atoms in total. The van der Waals surface area contributed by atoms with Crippen LogP contribution in [0.15, 0.2) is 23.2 Å². The monoisotopic (exact) mass is 287 g/mol. The Labute approximate surface area is 126 Å². The topological polar surface area (TPSA) is 59.6 Å². The molecule has 114 valence electrons. The molecule has 1 aliphatic carbocycles. The van der Waals surface area contributed by atoms with Crippen molar-refractivity contribution < 1.29 is 4.74 Å². The van der Waals surface area contributed by atoms with Crippen molar-refractivity contribution in [2.45, 2.75) is 38.5 Å². The molecule has 3 rings (SSSR count). The van der Waals surface area contributed by atoms with Gasteiger partial charge in [0.05, 0.1) is 6.61 Å². The maximum atomic E-state index is 6.05. The van der Waals surface area contributed by atoms with E-state index in [1.54, 1.807) is 0 Å². The zero-order valence-corrected chi connectivity index (χ0v) is 12.6. The molecule has 1 aliphatic heterocycles.